The van der Waals surface area contributed by atoms with E-state index in [1.54, 1.807) is 12.1 Å². The zero-order valence-electron chi connectivity index (χ0n) is 15.1. The van der Waals surface area contributed by atoms with Crippen molar-refractivity contribution < 1.29 is 14.6 Å². The standard InChI is InChI=1S/C23H22O3/c1-15-10-20(24)11-16(2)23(15)19-5-3-4-17(12-19)14-26-21-7-6-18-8-9-25-22(18)13-21/h3-7,10-13,24H,8-9,14H2,1-2H3. The average molecular weight is 346 g/mol. The van der Waals surface area contributed by atoms with Gasteiger partial charge in [-0.05, 0) is 71.5 Å². The first-order valence-electron chi connectivity index (χ1n) is 8.88. The third-order valence-corrected chi connectivity index (χ3v) is 4.81. The van der Waals surface area contributed by atoms with E-state index < -0.39 is 0 Å². The zero-order valence-corrected chi connectivity index (χ0v) is 15.1. The molecular weight excluding hydrogens is 324 g/mol. The number of fused-ring (bicyclic) bond motifs is 1. The van der Waals surface area contributed by atoms with Crippen molar-refractivity contribution in [3.63, 3.8) is 0 Å². The summed E-state index contributed by atoms with van der Waals surface area (Å²) in [5.41, 5.74) is 6.79. The lowest BCUT2D eigenvalue weighted by Gasteiger charge is -2.13. The summed E-state index contributed by atoms with van der Waals surface area (Å²) < 4.78 is 11.6. The first-order chi connectivity index (χ1) is 12.6. The van der Waals surface area contributed by atoms with E-state index in [1.165, 1.54) is 5.56 Å². The minimum absolute atomic E-state index is 0.307. The first-order valence-corrected chi connectivity index (χ1v) is 8.88. The van der Waals surface area contributed by atoms with Crippen LogP contribution in [0.5, 0.6) is 17.2 Å². The molecule has 1 heterocycles. The summed E-state index contributed by atoms with van der Waals surface area (Å²) in [6, 6.07) is 18.0. The Morgan fingerprint density at radius 2 is 1.81 bits per heavy atom. The molecule has 3 nitrogen and oxygen atoms in total. The molecule has 1 aliphatic heterocycles. The zero-order chi connectivity index (χ0) is 18.1. The fourth-order valence-corrected chi connectivity index (χ4v) is 3.62. The summed E-state index contributed by atoms with van der Waals surface area (Å²) in [5, 5.41) is 9.77. The van der Waals surface area contributed by atoms with Gasteiger partial charge in [-0.2, -0.15) is 0 Å². The summed E-state index contributed by atoms with van der Waals surface area (Å²) in [6.45, 7) is 5.31. The molecule has 3 aromatic carbocycles. The van der Waals surface area contributed by atoms with Crippen molar-refractivity contribution in [2.45, 2.75) is 26.9 Å². The molecule has 0 aromatic heterocycles. The lowest BCUT2D eigenvalue weighted by molar-refractivity contribution is 0.302. The number of hydrogen-bond acceptors (Lipinski definition) is 3. The Hall–Kier alpha value is -2.94. The van der Waals surface area contributed by atoms with Gasteiger partial charge < -0.3 is 14.6 Å². The maximum Gasteiger partial charge on any atom is 0.126 e. The van der Waals surface area contributed by atoms with E-state index in [0.29, 0.717) is 12.4 Å². The molecule has 0 aliphatic carbocycles. The molecule has 0 unspecified atom stereocenters. The van der Waals surface area contributed by atoms with Gasteiger partial charge in [0.05, 0.1) is 6.61 Å². The molecule has 0 saturated carbocycles. The second-order valence-corrected chi connectivity index (χ2v) is 6.81. The normalized spacial score (nSPS) is 12.5. The third kappa shape index (κ3) is 3.25. The molecule has 1 N–H and O–H groups in total. The van der Waals surface area contributed by atoms with Gasteiger partial charge in [0.25, 0.3) is 0 Å². The number of rotatable bonds is 4. The smallest absolute Gasteiger partial charge is 0.126 e. The molecule has 4 rings (SSSR count). The monoisotopic (exact) mass is 346 g/mol. The number of aryl methyl sites for hydroxylation is 2. The van der Waals surface area contributed by atoms with Gasteiger partial charge in [-0.1, -0.05) is 24.3 Å². The van der Waals surface area contributed by atoms with Crippen LogP contribution in [0.2, 0.25) is 0 Å². The molecule has 0 spiro atoms. The van der Waals surface area contributed by atoms with Gasteiger partial charge in [-0.25, -0.2) is 0 Å². The third-order valence-electron chi connectivity index (χ3n) is 4.81. The quantitative estimate of drug-likeness (QED) is 0.706. The van der Waals surface area contributed by atoms with Crippen LogP contribution >= 0.6 is 0 Å². The summed E-state index contributed by atoms with van der Waals surface area (Å²) >= 11 is 0. The van der Waals surface area contributed by atoms with Gasteiger partial charge in [-0.15, -0.1) is 0 Å². The second-order valence-electron chi connectivity index (χ2n) is 6.81. The minimum Gasteiger partial charge on any atom is -0.508 e. The maximum atomic E-state index is 9.77. The molecule has 1 aliphatic rings. The van der Waals surface area contributed by atoms with E-state index in [-0.39, 0.29) is 0 Å². The van der Waals surface area contributed by atoms with E-state index >= 15 is 0 Å². The van der Waals surface area contributed by atoms with Crippen molar-refractivity contribution in [2.75, 3.05) is 6.61 Å². The Morgan fingerprint density at radius 3 is 2.62 bits per heavy atom. The fourth-order valence-electron chi connectivity index (χ4n) is 3.62. The van der Waals surface area contributed by atoms with Crippen molar-refractivity contribution >= 4 is 0 Å². The van der Waals surface area contributed by atoms with Crippen LogP contribution in [0.3, 0.4) is 0 Å². The van der Waals surface area contributed by atoms with Crippen LogP contribution < -0.4 is 9.47 Å². The van der Waals surface area contributed by atoms with Crippen molar-refractivity contribution in [3.05, 3.63) is 76.9 Å². The lowest BCUT2D eigenvalue weighted by Crippen LogP contribution is -1.97. The molecule has 132 valence electrons. The van der Waals surface area contributed by atoms with E-state index in [1.807, 2.05) is 32.0 Å². The fraction of sp³-hybridized carbons (Fsp3) is 0.217. The molecule has 0 amide bonds. The topological polar surface area (TPSA) is 38.7 Å². The minimum atomic E-state index is 0.307. The Kier molecular flexibility index (Phi) is 4.29. The molecular formula is C23H22O3. The van der Waals surface area contributed by atoms with E-state index in [4.69, 9.17) is 9.47 Å². The number of aromatic hydroxyl groups is 1. The number of phenols is 1. The van der Waals surface area contributed by atoms with Gasteiger partial charge in [0.1, 0.15) is 23.9 Å². The Labute approximate surface area is 153 Å². The Balaban J connectivity index is 1.55. The van der Waals surface area contributed by atoms with Crippen molar-refractivity contribution in [1.82, 2.24) is 0 Å². The van der Waals surface area contributed by atoms with Crippen LogP contribution in [0.15, 0.2) is 54.6 Å². The van der Waals surface area contributed by atoms with Crippen molar-refractivity contribution in [1.29, 1.82) is 0 Å². The van der Waals surface area contributed by atoms with Gasteiger partial charge in [0, 0.05) is 12.5 Å². The summed E-state index contributed by atoms with van der Waals surface area (Å²) in [5.74, 6) is 2.07. The second kappa shape index (κ2) is 6.75. The summed E-state index contributed by atoms with van der Waals surface area (Å²) in [7, 11) is 0. The molecule has 3 aromatic rings. The number of hydrogen-bond donors (Lipinski definition) is 1. The van der Waals surface area contributed by atoms with E-state index in [9.17, 15) is 5.11 Å². The van der Waals surface area contributed by atoms with Crippen LogP contribution in [0.4, 0.5) is 0 Å². The van der Waals surface area contributed by atoms with Crippen LogP contribution in [-0.4, -0.2) is 11.7 Å². The van der Waals surface area contributed by atoms with Gasteiger partial charge >= 0.3 is 0 Å². The number of benzene rings is 3. The molecule has 0 bridgehead atoms. The highest BCUT2D eigenvalue weighted by Crippen LogP contribution is 2.32. The Bertz CT molecular complexity index is 936. The molecule has 0 saturated heterocycles. The SMILES string of the molecule is Cc1cc(O)cc(C)c1-c1cccc(COc2ccc3c(c2)OCC3)c1. The van der Waals surface area contributed by atoms with Crippen LogP contribution in [-0.2, 0) is 13.0 Å². The summed E-state index contributed by atoms with van der Waals surface area (Å²) in [6.07, 6.45) is 0.975. The highest BCUT2D eigenvalue weighted by Gasteiger charge is 2.13. The van der Waals surface area contributed by atoms with E-state index in [0.717, 1.165) is 52.3 Å². The van der Waals surface area contributed by atoms with Crippen LogP contribution in [0, 0.1) is 13.8 Å². The number of phenolic OH excluding ortho intramolecular Hbond substituents is 1. The van der Waals surface area contributed by atoms with Gasteiger partial charge in [0.15, 0.2) is 0 Å². The Morgan fingerprint density at radius 1 is 1.00 bits per heavy atom. The average Bonchev–Trinajstić information content (AvgIpc) is 3.07. The highest BCUT2D eigenvalue weighted by molar-refractivity contribution is 5.72. The molecule has 0 atom stereocenters. The van der Waals surface area contributed by atoms with Gasteiger partial charge in [0.2, 0.25) is 0 Å². The van der Waals surface area contributed by atoms with Gasteiger partial charge in [-0.3, -0.25) is 0 Å². The number of ether oxygens (including phenoxy) is 2. The molecule has 0 fully saturated rings. The van der Waals surface area contributed by atoms with Crippen molar-refractivity contribution in [3.8, 4) is 28.4 Å². The van der Waals surface area contributed by atoms with Crippen LogP contribution in [0.25, 0.3) is 11.1 Å². The van der Waals surface area contributed by atoms with E-state index in [2.05, 4.69) is 24.3 Å². The molecule has 3 heteroatoms. The maximum absolute atomic E-state index is 9.77. The van der Waals surface area contributed by atoms with Crippen molar-refractivity contribution in [2.24, 2.45) is 0 Å². The predicted molar refractivity (Wildman–Crippen MR) is 103 cm³/mol. The molecule has 0 radical (unpaired) electrons. The lowest BCUT2D eigenvalue weighted by atomic mass is 9.94. The van der Waals surface area contributed by atoms with Crippen LogP contribution in [0.1, 0.15) is 22.3 Å². The first kappa shape index (κ1) is 16.5. The summed E-state index contributed by atoms with van der Waals surface area (Å²) in [4.78, 5) is 0. The molecule has 26 heavy (non-hydrogen) atoms. The highest BCUT2D eigenvalue weighted by atomic mass is 16.5. The largest absolute Gasteiger partial charge is 0.508 e. The predicted octanol–water partition coefficient (Wildman–Crippen LogP) is 5.19.